The third-order valence-electron chi connectivity index (χ3n) is 4.99. The summed E-state index contributed by atoms with van der Waals surface area (Å²) in [5.41, 5.74) is 4.89. The molecule has 27 heavy (non-hydrogen) atoms. The summed E-state index contributed by atoms with van der Waals surface area (Å²) in [7, 11) is 2.13. The minimum atomic E-state index is 0.676. The van der Waals surface area contributed by atoms with Gasteiger partial charge in [-0.25, -0.2) is 9.97 Å². The standard InChI is InChI=1S/C19H23N7O/c1-12-9-21-16(11-20-12)17-15(18-13(2)14(3)24-27-18)10-22-19(23-17)26-7-5-25(4)6-8-26/h9-11H,5-8H2,1-4H3. The molecule has 1 fully saturated rings. The number of aromatic nitrogens is 5. The molecule has 0 saturated carbocycles. The van der Waals surface area contributed by atoms with Crippen LogP contribution in [0.4, 0.5) is 5.95 Å². The van der Waals surface area contributed by atoms with E-state index in [0.29, 0.717) is 23.1 Å². The van der Waals surface area contributed by atoms with Gasteiger partial charge < -0.3 is 14.3 Å². The Balaban J connectivity index is 1.81. The SMILES string of the molecule is Cc1cnc(-c2nc(N3CCN(C)CC3)ncc2-c2onc(C)c2C)cn1. The molecule has 8 nitrogen and oxygen atoms in total. The van der Waals surface area contributed by atoms with Crippen molar-refractivity contribution in [2.45, 2.75) is 20.8 Å². The highest BCUT2D eigenvalue weighted by atomic mass is 16.5. The summed E-state index contributed by atoms with van der Waals surface area (Å²) >= 11 is 0. The summed E-state index contributed by atoms with van der Waals surface area (Å²) in [6.45, 7) is 9.60. The minimum Gasteiger partial charge on any atom is -0.356 e. The molecule has 4 heterocycles. The maximum Gasteiger partial charge on any atom is 0.226 e. The van der Waals surface area contributed by atoms with Gasteiger partial charge in [-0.2, -0.15) is 0 Å². The summed E-state index contributed by atoms with van der Waals surface area (Å²) in [6, 6.07) is 0. The van der Waals surface area contributed by atoms with E-state index >= 15 is 0 Å². The van der Waals surface area contributed by atoms with Gasteiger partial charge in [-0.1, -0.05) is 5.16 Å². The number of anilines is 1. The molecule has 0 spiro atoms. The molecule has 3 aromatic heterocycles. The van der Waals surface area contributed by atoms with Crippen LogP contribution in [0.5, 0.6) is 0 Å². The Morgan fingerprint density at radius 2 is 1.70 bits per heavy atom. The van der Waals surface area contributed by atoms with Gasteiger partial charge >= 0.3 is 0 Å². The van der Waals surface area contributed by atoms with Crippen LogP contribution in [0.1, 0.15) is 17.0 Å². The van der Waals surface area contributed by atoms with E-state index in [-0.39, 0.29) is 0 Å². The molecule has 0 atom stereocenters. The lowest BCUT2D eigenvalue weighted by Crippen LogP contribution is -2.45. The molecule has 0 radical (unpaired) electrons. The largest absolute Gasteiger partial charge is 0.356 e. The molecule has 1 aliphatic heterocycles. The summed E-state index contributed by atoms with van der Waals surface area (Å²) in [6.07, 6.45) is 5.30. The van der Waals surface area contributed by atoms with Crippen LogP contribution in [-0.2, 0) is 0 Å². The first-order valence-corrected chi connectivity index (χ1v) is 9.05. The molecule has 0 unspecified atom stereocenters. The van der Waals surface area contributed by atoms with Gasteiger partial charge in [0.1, 0.15) is 11.4 Å². The van der Waals surface area contributed by atoms with E-state index in [1.165, 1.54) is 0 Å². The second-order valence-electron chi connectivity index (χ2n) is 6.99. The fraction of sp³-hybridized carbons (Fsp3) is 0.421. The van der Waals surface area contributed by atoms with E-state index in [1.807, 2.05) is 27.0 Å². The molecule has 0 bridgehead atoms. The molecule has 3 aromatic rings. The normalized spacial score (nSPS) is 15.3. The number of hydrogen-bond acceptors (Lipinski definition) is 8. The first kappa shape index (κ1) is 17.5. The van der Waals surface area contributed by atoms with Gasteiger partial charge in [0.2, 0.25) is 5.95 Å². The van der Waals surface area contributed by atoms with E-state index in [9.17, 15) is 0 Å². The van der Waals surface area contributed by atoms with Gasteiger partial charge in [-0.15, -0.1) is 0 Å². The lowest BCUT2D eigenvalue weighted by Gasteiger charge is -2.32. The zero-order valence-corrected chi connectivity index (χ0v) is 16.1. The van der Waals surface area contributed by atoms with Gasteiger partial charge in [0.15, 0.2) is 5.76 Å². The zero-order valence-electron chi connectivity index (χ0n) is 16.1. The number of nitrogens with zero attached hydrogens (tertiary/aromatic N) is 7. The van der Waals surface area contributed by atoms with E-state index in [1.54, 1.807) is 12.4 Å². The van der Waals surface area contributed by atoms with Crippen molar-refractivity contribution in [3.8, 4) is 22.7 Å². The van der Waals surface area contributed by atoms with E-state index in [2.05, 4.69) is 37.0 Å². The predicted molar refractivity (Wildman–Crippen MR) is 102 cm³/mol. The lowest BCUT2D eigenvalue weighted by molar-refractivity contribution is 0.311. The van der Waals surface area contributed by atoms with Crippen LogP contribution in [-0.4, -0.2) is 63.2 Å². The predicted octanol–water partition coefficient (Wildman–Crippen LogP) is 2.27. The molecule has 1 aliphatic rings. The van der Waals surface area contributed by atoms with Crippen LogP contribution >= 0.6 is 0 Å². The number of aryl methyl sites for hydroxylation is 2. The molecular formula is C19H23N7O. The van der Waals surface area contributed by atoms with Crippen LogP contribution in [0.25, 0.3) is 22.7 Å². The first-order valence-electron chi connectivity index (χ1n) is 9.05. The summed E-state index contributed by atoms with van der Waals surface area (Å²) in [5.74, 6) is 1.38. The highest BCUT2D eigenvalue weighted by molar-refractivity contribution is 5.78. The second kappa shape index (κ2) is 7.03. The third-order valence-corrected chi connectivity index (χ3v) is 4.99. The van der Waals surface area contributed by atoms with Crippen molar-refractivity contribution >= 4 is 5.95 Å². The van der Waals surface area contributed by atoms with E-state index in [4.69, 9.17) is 9.51 Å². The molecular weight excluding hydrogens is 342 g/mol. The molecule has 140 valence electrons. The fourth-order valence-electron chi connectivity index (χ4n) is 3.07. The molecule has 4 rings (SSSR count). The van der Waals surface area contributed by atoms with Crippen LogP contribution in [0, 0.1) is 20.8 Å². The Morgan fingerprint density at radius 1 is 0.926 bits per heavy atom. The monoisotopic (exact) mass is 365 g/mol. The lowest BCUT2D eigenvalue weighted by atomic mass is 10.1. The number of likely N-dealkylation sites (N-methyl/N-ethyl adjacent to an activating group) is 1. The summed E-state index contributed by atoms with van der Waals surface area (Å²) in [4.78, 5) is 22.9. The van der Waals surface area contributed by atoms with E-state index in [0.717, 1.165) is 48.7 Å². The van der Waals surface area contributed by atoms with Crippen LogP contribution in [0.3, 0.4) is 0 Å². The Labute approximate surface area is 158 Å². The Kier molecular flexibility index (Phi) is 4.57. The van der Waals surface area contributed by atoms with Crippen molar-refractivity contribution < 1.29 is 4.52 Å². The smallest absolute Gasteiger partial charge is 0.226 e. The summed E-state index contributed by atoms with van der Waals surface area (Å²) < 4.78 is 5.57. The van der Waals surface area contributed by atoms with Crippen LogP contribution in [0.2, 0.25) is 0 Å². The topological polar surface area (TPSA) is 84.1 Å². The molecule has 0 amide bonds. The van der Waals surface area contributed by atoms with Gasteiger partial charge in [0.05, 0.1) is 23.1 Å². The molecule has 0 aliphatic carbocycles. The van der Waals surface area contributed by atoms with Crippen molar-refractivity contribution in [2.75, 3.05) is 38.1 Å². The Bertz CT molecular complexity index is 943. The fourth-order valence-corrected chi connectivity index (χ4v) is 3.07. The number of hydrogen-bond donors (Lipinski definition) is 0. The third kappa shape index (κ3) is 3.40. The average molecular weight is 365 g/mol. The van der Waals surface area contributed by atoms with Crippen molar-refractivity contribution in [2.24, 2.45) is 0 Å². The second-order valence-corrected chi connectivity index (χ2v) is 6.99. The van der Waals surface area contributed by atoms with Crippen molar-refractivity contribution in [1.29, 1.82) is 0 Å². The van der Waals surface area contributed by atoms with Crippen LogP contribution in [0.15, 0.2) is 23.1 Å². The van der Waals surface area contributed by atoms with Gasteiger partial charge in [-0.05, 0) is 27.8 Å². The van der Waals surface area contributed by atoms with Gasteiger partial charge in [-0.3, -0.25) is 9.97 Å². The first-order chi connectivity index (χ1) is 13.0. The molecule has 8 heteroatoms. The van der Waals surface area contributed by atoms with Gasteiger partial charge in [0, 0.05) is 44.1 Å². The van der Waals surface area contributed by atoms with Crippen molar-refractivity contribution in [1.82, 2.24) is 30.0 Å². The maximum absolute atomic E-state index is 5.57. The highest BCUT2D eigenvalue weighted by Crippen LogP contribution is 2.33. The van der Waals surface area contributed by atoms with Gasteiger partial charge in [0.25, 0.3) is 0 Å². The minimum absolute atomic E-state index is 0.676. The highest BCUT2D eigenvalue weighted by Gasteiger charge is 2.22. The van der Waals surface area contributed by atoms with Crippen molar-refractivity contribution in [3.05, 3.63) is 35.5 Å². The molecule has 0 N–H and O–H groups in total. The van der Waals surface area contributed by atoms with Crippen molar-refractivity contribution in [3.63, 3.8) is 0 Å². The summed E-state index contributed by atoms with van der Waals surface area (Å²) in [5, 5.41) is 4.08. The zero-order chi connectivity index (χ0) is 19.0. The number of piperazine rings is 1. The maximum atomic E-state index is 5.57. The number of rotatable bonds is 3. The Hall–Kier alpha value is -2.87. The quantitative estimate of drug-likeness (QED) is 0.699. The average Bonchev–Trinajstić information content (AvgIpc) is 3.01. The molecule has 1 saturated heterocycles. The van der Waals surface area contributed by atoms with E-state index < -0.39 is 0 Å². The Morgan fingerprint density at radius 3 is 2.33 bits per heavy atom. The molecule has 0 aromatic carbocycles. The van der Waals surface area contributed by atoms with Crippen LogP contribution < -0.4 is 4.90 Å².